The van der Waals surface area contributed by atoms with E-state index in [9.17, 15) is 9.59 Å². The Morgan fingerprint density at radius 3 is 2.11 bits per heavy atom. The fraction of sp³-hybridized carbons (Fsp3) is 0.846. The largest absolute Gasteiger partial charge is 0.481 e. The molecule has 0 bridgehead atoms. The van der Waals surface area contributed by atoms with E-state index in [0.29, 0.717) is 12.5 Å². The number of carbonyl (C=O) groups excluding carboxylic acids is 1. The summed E-state index contributed by atoms with van der Waals surface area (Å²) in [6.07, 6.45) is 0.841. The van der Waals surface area contributed by atoms with E-state index < -0.39 is 5.97 Å². The van der Waals surface area contributed by atoms with Crippen molar-refractivity contribution in [1.82, 2.24) is 10.2 Å². The van der Waals surface area contributed by atoms with Gasteiger partial charge in [0.05, 0.1) is 6.42 Å². The second kappa shape index (κ2) is 7.95. The minimum Gasteiger partial charge on any atom is -0.481 e. The molecule has 2 unspecified atom stereocenters. The maximum atomic E-state index is 12.1. The maximum Gasteiger partial charge on any atom is 0.317 e. The van der Waals surface area contributed by atoms with Crippen molar-refractivity contribution in [1.29, 1.82) is 0 Å². The van der Waals surface area contributed by atoms with Gasteiger partial charge in [-0.2, -0.15) is 0 Å². The predicted molar refractivity (Wildman–Crippen MR) is 71.5 cm³/mol. The minimum absolute atomic E-state index is 0.0280. The normalized spacial score (nSPS) is 14.1. The third-order valence-corrected chi connectivity index (χ3v) is 3.16. The summed E-state index contributed by atoms with van der Waals surface area (Å²) in [7, 11) is 0. The number of nitrogens with one attached hydrogen (secondary N) is 1. The molecule has 2 amide bonds. The molecule has 0 aromatic rings. The molecule has 0 aliphatic heterocycles. The molecule has 0 aliphatic rings. The molecule has 18 heavy (non-hydrogen) atoms. The van der Waals surface area contributed by atoms with Gasteiger partial charge in [0.1, 0.15) is 0 Å². The number of carboxylic acid groups (broad SMARTS) is 1. The van der Waals surface area contributed by atoms with Gasteiger partial charge in [0.2, 0.25) is 0 Å². The van der Waals surface area contributed by atoms with E-state index in [0.717, 1.165) is 6.42 Å². The van der Waals surface area contributed by atoms with Gasteiger partial charge in [0, 0.05) is 18.6 Å². The second-order valence-corrected chi connectivity index (χ2v) is 4.94. The summed E-state index contributed by atoms with van der Waals surface area (Å²) in [5.74, 6) is -0.517. The predicted octanol–water partition coefficient (Wildman–Crippen LogP) is 2.32. The first kappa shape index (κ1) is 16.7. The average Bonchev–Trinajstić information content (AvgIpc) is 2.25. The van der Waals surface area contributed by atoms with Crippen molar-refractivity contribution in [3.8, 4) is 0 Å². The van der Waals surface area contributed by atoms with Crippen LogP contribution in [0.3, 0.4) is 0 Å². The summed E-state index contributed by atoms with van der Waals surface area (Å²) in [4.78, 5) is 24.3. The van der Waals surface area contributed by atoms with Crippen molar-refractivity contribution < 1.29 is 14.7 Å². The number of nitrogens with zero attached hydrogens (tertiary/aromatic N) is 1. The molecule has 2 atom stereocenters. The molecule has 0 spiro atoms. The first-order valence-electron chi connectivity index (χ1n) is 6.62. The highest BCUT2D eigenvalue weighted by atomic mass is 16.4. The Morgan fingerprint density at radius 2 is 1.78 bits per heavy atom. The van der Waals surface area contributed by atoms with Crippen LogP contribution in [0.2, 0.25) is 0 Å². The van der Waals surface area contributed by atoms with E-state index in [1.54, 1.807) is 11.8 Å². The third-order valence-electron chi connectivity index (χ3n) is 3.16. The van der Waals surface area contributed by atoms with Gasteiger partial charge in [0.25, 0.3) is 0 Å². The summed E-state index contributed by atoms with van der Waals surface area (Å²) in [6.45, 7) is 10.3. The van der Waals surface area contributed by atoms with E-state index in [1.807, 2.05) is 13.8 Å². The molecular formula is C13H26N2O3. The number of rotatable bonds is 7. The van der Waals surface area contributed by atoms with Crippen LogP contribution in [0.4, 0.5) is 4.79 Å². The number of hydrogen-bond donors (Lipinski definition) is 2. The Kier molecular flexibility index (Phi) is 7.39. The molecule has 0 aliphatic carbocycles. The van der Waals surface area contributed by atoms with Gasteiger partial charge in [0.15, 0.2) is 0 Å². The van der Waals surface area contributed by atoms with Gasteiger partial charge < -0.3 is 15.3 Å². The third kappa shape index (κ3) is 5.38. The summed E-state index contributed by atoms with van der Waals surface area (Å²) < 4.78 is 0. The van der Waals surface area contributed by atoms with Crippen molar-refractivity contribution in [2.24, 2.45) is 5.92 Å². The highest BCUT2D eigenvalue weighted by molar-refractivity contribution is 5.76. The molecule has 5 heteroatoms. The molecule has 0 aromatic heterocycles. The van der Waals surface area contributed by atoms with Gasteiger partial charge in [-0.25, -0.2) is 4.79 Å². The highest BCUT2D eigenvalue weighted by Gasteiger charge is 2.23. The van der Waals surface area contributed by atoms with Gasteiger partial charge in [-0.05, 0) is 26.2 Å². The Morgan fingerprint density at radius 1 is 1.22 bits per heavy atom. The van der Waals surface area contributed by atoms with Gasteiger partial charge in [-0.1, -0.05) is 20.8 Å². The highest BCUT2D eigenvalue weighted by Crippen LogP contribution is 2.09. The number of aliphatic carboxylic acids is 1. The van der Waals surface area contributed by atoms with Crippen molar-refractivity contribution in [3.63, 3.8) is 0 Å². The first-order valence-corrected chi connectivity index (χ1v) is 6.62. The number of hydrogen-bond acceptors (Lipinski definition) is 2. The topological polar surface area (TPSA) is 69.6 Å². The Hall–Kier alpha value is -1.26. The molecule has 0 saturated carbocycles. The standard InChI is InChI=1S/C13H26N2O3/c1-6-11(9(3)4)14-13(18)15(7-2)10(5)8-12(16)17/h9-11H,6-8H2,1-5H3,(H,14,18)(H,16,17). The zero-order chi connectivity index (χ0) is 14.3. The Bertz CT molecular complexity index is 279. The summed E-state index contributed by atoms with van der Waals surface area (Å²) in [5, 5.41) is 11.7. The lowest BCUT2D eigenvalue weighted by Crippen LogP contribution is -2.50. The monoisotopic (exact) mass is 258 g/mol. The first-order chi connectivity index (χ1) is 8.33. The molecule has 0 saturated heterocycles. The zero-order valence-corrected chi connectivity index (χ0v) is 12.1. The summed E-state index contributed by atoms with van der Waals surface area (Å²) in [5.41, 5.74) is 0. The van der Waals surface area contributed by atoms with Crippen LogP contribution in [-0.2, 0) is 4.79 Å². The van der Waals surface area contributed by atoms with Crippen molar-refractivity contribution in [2.75, 3.05) is 6.54 Å². The van der Waals surface area contributed by atoms with Crippen molar-refractivity contribution in [2.45, 2.75) is 59.5 Å². The van der Waals surface area contributed by atoms with Gasteiger partial charge in [-0.15, -0.1) is 0 Å². The fourth-order valence-electron chi connectivity index (χ4n) is 2.00. The zero-order valence-electron chi connectivity index (χ0n) is 12.1. The van der Waals surface area contributed by atoms with Crippen LogP contribution in [0.5, 0.6) is 0 Å². The Labute approximate surface area is 110 Å². The molecule has 0 radical (unpaired) electrons. The van der Waals surface area contributed by atoms with Crippen LogP contribution < -0.4 is 5.32 Å². The second-order valence-electron chi connectivity index (χ2n) is 4.94. The maximum absolute atomic E-state index is 12.1. The molecule has 0 fully saturated rings. The van der Waals surface area contributed by atoms with Crippen LogP contribution >= 0.6 is 0 Å². The molecule has 5 nitrogen and oxygen atoms in total. The number of amides is 2. The van der Waals surface area contributed by atoms with Gasteiger partial charge >= 0.3 is 12.0 Å². The van der Waals surface area contributed by atoms with Crippen LogP contribution in [0, 0.1) is 5.92 Å². The van der Waals surface area contributed by atoms with Crippen LogP contribution in [0.15, 0.2) is 0 Å². The number of urea groups is 1. The molecule has 0 heterocycles. The summed E-state index contributed by atoms with van der Waals surface area (Å²) in [6, 6.07) is -0.340. The van der Waals surface area contributed by atoms with Crippen molar-refractivity contribution in [3.05, 3.63) is 0 Å². The van der Waals surface area contributed by atoms with E-state index in [4.69, 9.17) is 5.11 Å². The fourth-order valence-corrected chi connectivity index (χ4v) is 2.00. The minimum atomic E-state index is -0.885. The molecule has 0 aromatic carbocycles. The molecule has 2 N–H and O–H groups in total. The van der Waals surface area contributed by atoms with Crippen LogP contribution in [-0.4, -0.2) is 40.6 Å². The van der Waals surface area contributed by atoms with Crippen LogP contribution in [0.25, 0.3) is 0 Å². The Balaban J connectivity index is 4.55. The summed E-state index contributed by atoms with van der Waals surface area (Å²) >= 11 is 0. The quantitative estimate of drug-likeness (QED) is 0.736. The van der Waals surface area contributed by atoms with E-state index in [-0.39, 0.29) is 24.5 Å². The number of carbonyl (C=O) groups is 2. The van der Waals surface area contributed by atoms with E-state index in [1.165, 1.54) is 0 Å². The lowest BCUT2D eigenvalue weighted by molar-refractivity contribution is -0.138. The smallest absolute Gasteiger partial charge is 0.317 e. The van der Waals surface area contributed by atoms with Gasteiger partial charge in [-0.3, -0.25) is 4.79 Å². The SMILES string of the molecule is CCC(NC(=O)N(CC)C(C)CC(=O)O)C(C)C. The van der Waals surface area contributed by atoms with Crippen LogP contribution in [0.1, 0.15) is 47.5 Å². The van der Waals surface area contributed by atoms with E-state index in [2.05, 4.69) is 19.2 Å². The molecule has 106 valence electrons. The number of carboxylic acids is 1. The average molecular weight is 258 g/mol. The lowest BCUT2D eigenvalue weighted by atomic mass is 10.0. The molecular weight excluding hydrogens is 232 g/mol. The van der Waals surface area contributed by atoms with Crippen molar-refractivity contribution >= 4 is 12.0 Å². The molecule has 0 rings (SSSR count). The lowest BCUT2D eigenvalue weighted by Gasteiger charge is -2.30. The van der Waals surface area contributed by atoms with E-state index >= 15 is 0 Å².